The summed E-state index contributed by atoms with van der Waals surface area (Å²) in [5, 5.41) is 37.9. The molecule has 0 saturated carbocycles. The normalized spacial score (nSPS) is 10.0. The maximum atomic E-state index is 9.87. The van der Waals surface area contributed by atoms with Crippen LogP contribution in [0.15, 0.2) is 53.6 Å². The third kappa shape index (κ3) is 5.15. The fourth-order valence-electron chi connectivity index (χ4n) is 2.90. The summed E-state index contributed by atoms with van der Waals surface area (Å²) in [7, 11) is 0. The number of ether oxygens (including phenoxy) is 1. The van der Waals surface area contributed by atoms with Crippen molar-refractivity contribution in [3.05, 3.63) is 75.9 Å². The molecule has 0 aliphatic rings. The fraction of sp³-hybridized carbons (Fsp3) is 0.130. The van der Waals surface area contributed by atoms with E-state index in [1.807, 2.05) is 12.1 Å². The van der Waals surface area contributed by atoms with Gasteiger partial charge in [0.2, 0.25) is 0 Å². The first-order chi connectivity index (χ1) is 15.1. The Morgan fingerprint density at radius 1 is 1.00 bits per heavy atom. The first kappa shape index (κ1) is 22.2. The third-order valence-electron chi connectivity index (χ3n) is 4.28. The SMILES string of the molecule is N#Cc1cccc(CSc2nc(Cl)c(C#N)c(-c3ccc(OCCO)cc3)c2C#N)c1. The molecule has 2 aromatic carbocycles. The number of nitriles is 3. The first-order valence-electron chi connectivity index (χ1n) is 9.11. The van der Waals surface area contributed by atoms with Crippen LogP contribution in [0.1, 0.15) is 22.3 Å². The molecule has 0 amide bonds. The molecule has 0 spiro atoms. The summed E-state index contributed by atoms with van der Waals surface area (Å²) in [6.45, 7) is 0.0673. The van der Waals surface area contributed by atoms with Gasteiger partial charge in [-0.2, -0.15) is 15.8 Å². The number of thioether (sulfide) groups is 1. The molecule has 0 saturated heterocycles. The van der Waals surface area contributed by atoms with E-state index in [9.17, 15) is 10.5 Å². The van der Waals surface area contributed by atoms with E-state index in [-0.39, 0.29) is 29.5 Å². The lowest BCUT2D eigenvalue weighted by molar-refractivity contribution is 0.201. The first-order valence-corrected chi connectivity index (χ1v) is 10.5. The molecule has 0 fully saturated rings. The Bertz CT molecular complexity index is 1220. The minimum atomic E-state index is -0.100. The Labute approximate surface area is 188 Å². The molecule has 0 radical (unpaired) electrons. The molecule has 0 bridgehead atoms. The zero-order chi connectivity index (χ0) is 22.2. The Hall–Kier alpha value is -3.54. The average Bonchev–Trinajstić information content (AvgIpc) is 2.81. The van der Waals surface area contributed by atoms with Gasteiger partial charge in [0.15, 0.2) is 0 Å². The summed E-state index contributed by atoms with van der Waals surface area (Å²) in [5.74, 6) is 1.04. The highest BCUT2D eigenvalue weighted by Gasteiger charge is 2.21. The molecule has 0 aliphatic heterocycles. The fourth-order valence-corrected chi connectivity index (χ4v) is 4.10. The summed E-state index contributed by atoms with van der Waals surface area (Å²) in [6, 6.07) is 20.3. The molecule has 6 nitrogen and oxygen atoms in total. The van der Waals surface area contributed by atoms with Gasteiger partial charge >= 0.3 is 0 Å². The maximum Gasteiger partial charge on any atom is 0.148 e. The van der Waals surface area contributed by atoms with Crippen LogP contribution in [0.2, 0.25) is 5.15 Å². The van der Waals surface area contributed by atoms with Crippen molar-refractivity contribution in [1.82, 2.24) is 4.98 Å². The van der Waals surface area contributed by atoms with Crippen molar-refractivity contribution in [3.8, 4) is 35.1 Å². The Morgan fingerprint density at radius 3 is 2.39 bits per heavy atom. The number of halogens is 1. The molecule has 0 aliphatic carbocycles. The van der Waals surface area contributed by atoms with Crippen molar-refractivity contribution in [2.24, 2.45) is 0 Å². The number of benzene rings is 2. The molecular weight excluding hydrogens is 432 g/mol. The second-order valence-corrected chi connectivity index (χ2v) is 7.58. The van der Waals surface area contributed by atoms with Gasteiger partial charge in [-0.25, -0.2) is 4.98 Å². The molecule has 0 unspecified atom stereocenters. The molecule has 3 rings (SSSR count). The summed E-state index contributed by atoms with van der Waals surface area (Å²) in [6.07, 6.45) is 0. The number of hydrogen-bond acceptors (Lipinski definition) is 7. The summed E-state index contributed by atoms with van der Waals surface area (Å²) >= 11 is 7.60. The zero-order valence-electron chi connectivity index (χ0n) is 16.2. The maximum absolute atomic E-state index is 9.87. The number of aromatic nitrogens is 1. The van der Waals surface area contributed by atoms with E-state index in [2.05, 4.69) is 17.1 Å². The van der Waals surface area contributed by atoms with Crippen LogP contribution in [0.25, 0.3) is 11.1 Å². The number of rotatable bonds is 7. The summed E-state index contributed by atoms with van der Waals surface area (Å²) in [4.78, 5) is 4.28. The summed E-state index contributed by atoms with van der Waals surface area (Å²) in [5.41, 5.74) is 2.87. The average molecular weight is 447 g/mol. The lowest BCUT2D eigenvalue weighted by Crippen LogP contribution is -2.02. The minimum absolute atomic E-state index is 0.0189. The van der Waals surface area contributed by atoms with Crippen molar-refractivity contribution in [1.29, 1.82) is 15.8 Å². The molecule has 3 aromatic rings. The topological polar surface area (TPSA) is 114 Å². The standard InChI is InChI=1S/C23H15ClN4O2S/c24-22-19(12-26)21(17-4-6-18(7-5-17)30-9-8-29)20(13-27)23(28-22)31-14-16-3-1-2-15(10-16)11-25/h1-7,10,29H,8-9,14H2. The smallest absolute Gasteiger partial charge is 0.148 e. The van der Waals surface area contributed by atoms with Crippen LogP contribution >= 0.6 is 23.4 Å². The monoisotopic (exact) mass is 446 g/mol. The second kappa shape index (κ2) is 10.5. The predicted molar refractivity (Wildman–Crippen MR) is 117 cm³/mol. The molecule has 8 heteroatoms. The van der Waals surface area contributed by atoms with E-state index >= 15 is 0 Å². The Kier molecular flexibility index (Phi) is 7.49. The Balaban J connectivity index is 2.01. The van der Waals surface area contributed by atoms with Crippen LogP contribution in [-0.4, -0.2) is 23.3 Å². The number of aliphatic hydroxyl groups is 1. The predicted octanol–water partition coefficient (Wildman–Crippen LogP) is 4.68. The Morgan fingerprint density at radius 2 is 1.74 bits per heavy atom. The van der Waals surface area contributed by atoms with Gasteiger partial charge in [-0.3, -0.25) is 0 Å². The van der Waals surface area contributed by atoms with Gasteiger partial charge in [-0.1, -0.05) is 35.9 Å². The van der Waals surface area contributed by atoms with Crippen molar-refractivity contribution in [3.63, 3.8) is 0 Å². The van der Waals surface area contributed by atoms with E-state index in [1.165, 1.54) is 11.8 Å². The van der Waals surface area contributed by atoms with Crippen LogP contribution in [0, 0.1) is 34.0 Å². The molecule has 0 atom stereocenters. The quantitative estimate of drug-likeness (QED) is 0.414. The highest BCUT2D eigenvalue weighted by molar-refractivity contribution is 7.98. The number of aliphatic hydroxyl groups excluding tert-OH is 1. The van der Waals surface area contributed by atoms with E-state index in [1.54, 1.807) is 42.5 Å². The van der Waals surface area contributed by atoms with Gasteiger partial charge in [0, 0.05) is 11.3 Å². The molecule has 1 heterocycles. The third-order valence-corrected chi connectivity index (χ3v) is 5.60. The van der Waals surface area contributed by atoms with Gasteiger partial charge in [0.1, 0.15) is 34.7 Å². The van der Waals surface area contributed by atoms with Crippen molar-refractivity contribution in [2.45, 2.75) is 10.8 Å². The van der Waals surface area contributed by atoms with E-state index in [4.69, 9.17) is 26.7 Å². The summed E-state index contributed by atoms with van der Waals surface area (Å²) < 4.78 is 5.37. The van der Waals surface area contributed by atoms with E-state index < -0.39 is 0 Å². The van der Waals surface area contributed by atoms with Crippen molar-refractivity contribution < 1.29 is 9.84 Å². The van der Waals surface area contributed by atoms with Gasteiger partial charge < -0.3 is 9.84 Å². The minimum Gasteiger partial charge on any atom is -0.491 e. The van der Waals surface area contributed by atoms with E-state index in [0.29, 0.717) is 33.2 Å². The highest BCUT2D eigenvalue weighted by atomic mass is 35.5. The number of pyridine rings is 1. The van der Waals surface area contributed by atoms with Crippen LogP contribution in [0.5, 0.6) is 5.75 Å². The van der Waals surface area contributed by atoms with Gasteiger partial charge in [0.25, 0.3) is 0 Å². The van der Waals surface area contributed by atoms with Gasteiger partial charge in [-0.15, -0.1) is 11.8 Å². The molecular formula is C23H15ClN4O2S. The lowest BCUT2D eigenvalue weighted by Gasteiger charge is -2.13. The second-order valence-electron chi connectivity index (χ2n) is 6.25. The van der Waals surface area contributed by atoms with Crippen molar-refractivity contribution in [2.75, 3.05) is 13.2 Å². The largest absolute Gasteiger partial charge is 0.491 e. The molecule has 31 heavy (non-hydrogen) atoms. The van der Waals surface area contributed by atoms with Gasteiger partial charge in [-0.05, 0) is 35.4 Å². The van der Waals surface area contributed by atoms with Crippen LogP contribution in [-0.2, 0) is 5.75 Å². The number of nitrogens with zero attached hydrogens (tertiary/aromatic N) is 4. The molecule has 152 valence electrons. The molecule has 1 aromatic heterocycles. The van der Waals surface area contributed by atoms with Gasteiger partial charge in [0.05, 0.1) is 29.4 Å². The van der Waals surface area contributed by atoms with E-state index in [0.717, 1.165) is 5.56 Å². The van der Waals surface area contributed by atoms with Crippen LogP contribution < -0.4 is 4.74 Å². The van der Waals surface area contributed by atoms with Crippen LogP contribution in [0.4, 0.5) is 0 Å². The molecule has 1 N–H and O–H groups in total. The zero-order valence-corrected chi connectivity index (χ0v) is 17.7. The van der Waals surface area contributed by atoms with Crippen LogP contribution in [0.3, 0.4) is 0 Å². The lowest BCUT2D eigenvalue weighted by atomic mass is 9.97. The van der Waals surface area contributed by atoms with Crippen molar-refractivity contribution >= 4 is 23.4 Å². The number of hydrogen-bond donors (Lipinski definition) is 1. The highest BCUT2D eigenvalue weighted by Crippen LogP contribution is 2.37.